The Kier molecular flexibility index (Phi) is 3.89. The fourth-order valence-electron chi connectivity index (χ4n) is 2.94. The Balaban J connectivity index is 2.11. The van der Waals surface area contributed by atoms with Crippen LogP contribution >= 0.6 is 0 Å². The lowest BCUT2D eigenvalue weighted by atomic mass is 9.91. The molecule has 0 fully saturated rings. The maximum atomic E-state index is 9.23. The third kappa shape index (κ3) is 2.50. The van der Waals surface area contributed by atoms with Crippen molar-refractivity contribution in [2.45, 2.75) is 6.04 Å². The van der Waals surface area contributed by atoms with E-state index in [0.717, 1.165) is 0 Å². The second kappa shape index (κ2) is 5.98. The number of rotatable bonds is 4. The summed E-state index contributed by atoms with van der Waals surface area (Å²) >= 11 is 0. The SMILES string of the molecule is C=CC1C(c2cccc3ccccc23)=CC=CN1CCO. The first-order valence-corrected chi connectivity index (χ1v) is 7.21. The number of hydrogen-bond acceptors (Lipinski definition) is 2. The quantitative estimate of drug-likeness (QED) is 0.863. The van der Waals surface area contributed by atoms with E-state index in [1.54, 1.807) is 0 Å². The minimum Gasteiger partial charge on any atom is -0.395 e. The van der Waals surface area contributed by atoms with Gasteiger partial charge in [0.05, 0.1) is 12.6 Å². The molecule has 1 unspecified atom stereocenters. The van der Waals surface area contributed by atoms with Gasteiger partial charge in [-0.2, -0.15) is 0 Å². The molecule has 0 radical (unpaired) electrons. The molecule has 3 rings (SSSR count). The van der Waals surface area contributed by atoms with E-state index in [1.807, 2.05) is 18.4 Å². The Morgan fingerprint density at radius 2 is 1.95 bits per heavy atom. The van der Waals surface area contributed by atoms with Crippen molar-refractivity contribution in [3.63, 3.8) is 0 Å². The molecule has 0 amide bonds. The molecule has 0 bridgehead atoms. The molecule has 21 heavy (non-hydrogen) atoms. The molecule has 0 aliphatic carbocycles. The molecular weight excluding hydrogens is 258 g/mol. The highest BCUT2D eigenvalue weighted by Crippen LogP contribution is 2.31. The third-order valence-electron chi connectivity index (χ3n) is 3.91. The van der Waals surface area contributed by atoms with Crippen molar-refractivity contribution in [2.75, 3.05) is 13.2 Å². The number of β-amino-alcohol motifs (C(OH)–C–C–N with tert-alkyl or cyclic N) is 1. The molecule has 0 saturated heterocycles. The van der Waals surface area contributed by atoms with Crippen LogP contribution < -0.4 is 0 Å². The van der Waals surface area contributed by atoms with Crippen LogP contribution in [0.25, 0.3) is 16.3 Å². The van der Waals surface area contributed by atoms with Crippen molar-refractivity contribution in [1.82, 2.24) is 4.90 Å². The van der Waals surface area contributed by atoms with Gasteiger partial charge in [-0.1, -0.05) is 54.6 Å². The number of aliphatic hydroxyl groups is 1. The van der Waals surface area contributed by atoms with Crippen LogP contribution in [0.4, 0.5) is 0 Å². The van der Waals surface area contributed by atoms with E-state index in [0.29, 0.717) is 6.54 Å². The summed E-state index contributed by atoms with van der Waals surface area (Å²) in [5, 5.41) is 11.7. The normalized spacial score (nSPS) is 17.9. The molecule has 1 atom stereocenters. The van der Waals surface area contributed by atoms with Gasteiger partial charge >= 0.3 is 0 Å². The molecule has 1 aliphatic rings. The maximum Gasteiger partial charge on any atom is 0.0725 e. The van der Waals surface area contributed by atoms with Gasteiger partial charge in [-0.05, 0) is 28.0 Å². The smallest absolute Gasteiger partial charge is 0.0725 e. The lowest BCUT2D eigenvalue weighted by molar-refractivity contribution is 0.232. The topological polar surface area (TPSA) is 23.5 Å². The standard InChI is InChI=1S/C19H19NO/c1-2-19-18(11-6-12-20(19)13-14-21)17-10-5-8-15-7-3-4-9-16(15)17/h2-12,19,21H,1,13-14H2. The second-order valence-electron chi connectivity index (χ2n) is 5.13. The molecule has 0 spiro atoms. The van der Waals surface area contributed by atoms with Gasteiger partial charge in [-0.3, -0.25) is 0 Å². The lowest BCUT2D eigenvalue weighted by Gasteiger charge is -2.32. The summed E-state index contributed by atoms with van der Waals surface area (Å²) in [7, 11) is 0. The summed E-state index contributed by atoms with van der Waals surface area (Å²) in [5.74, 6) is 0. The first-order valence-electron chi connectivity index (χ1n) is 7.21. The van der Waals surface area contributed by atoms with Crippen LogP contribution in [-0.4, -0.2) is 29.2 Å². The molecular formula is C19H19NO. The predicted molar refractivity (Wildman–Crippen MR) is 88.8 cm³/mol. The molecule has 2 aromatic rings. The Morgan fingerprint density at radius 3 is 2.76 bits per heavy atom. The highest BCUT2D eigenvalue weighted by atomic mass is 16.3. The van der Waals surface area contributed by atoms with Gasteiger partial charge in [0.15, 0.2) is 0 Å². The summed E-state index contributed by atoms with van der Waals surface area (Å²) in [5.41, 5.74) is 2.45. The summed E-state index contributed by atoms with van der Waals surface area (Å²) < 4.78 is 0. The van der Waals surface area contributed by atoms with E-state index in [-0.39, 0.29) is 12.6 Å². The number of aliphatic hydroxyl groups excluding tert-OH is 1. The van der Waals surface area contributed by atoms with Crippen LogP contribution in [0.2, 0.25) is 0 Å². The molecule has 0 aromatic heterocycles. The molecule has 106 valence electrons. The molecule has 0 saturated carbocycles. The zero-order chi connectivity index (χ0) is 14.7. The average molecular weight is 277 g/mol. The van der Waals surface area contributed by atoms with E-state index in [4.69, 9.17) is 0 Å². The van der Waals surface area contributed by atoms with Crippen molar-refractivity contribution in [3.8, 4) is 0 Å². The third-order valence-corrected chi connectivity index (χ3v) is 3.91. The minimum atomic E-state index is 0.0907. The first-order chi connectivity index (χ1) is 10.3. The van der Waals surface area contributed by atoms with Crippen LogP contribution in [0.15, 0.2) is 73.5 Å². The van der Waals surface area contributed by atoms with E-state index in [9.17, 15) is 5.11 Å². The van der Waals surface area contributed by atoms with Crippen molar-refractivity contribution in [2.24, 2.45) is 0 Å². The average Bonchev–Trinajstić information content (AvgIpc) is 2.54. The molecule has 1 N–H and O–H groups in total. The summed E-state index contributed by atoms with van der Waals surface area (Å²) in [6, 6.07) is 14.9. The van der Waals surface area contributed by atoms with Crippen LogP contribution in [0.1, 0.15) is 5.56 Å². The van der Waals surface area contributed by atoms with Crippen LogP contribution in [0, 0.1) is 0 Å². The highest BCUT2D eigenvalue weighted by Gasteiger charge is 2.21. The first kappa shape index (κ1) is 13.7. The Morgan fingerprint density at radius 1 is 1.14 bits per heavy atom. The number of nitrogens with zero attached hydrogens (tertiary/aromatic N) is 1. The largest absolute Gasteiger partial charge is 0.395 e. The molecule has 2 heteroatoms. The Bertz CT molecular complexity index is 709. The Hall–Kier alpha value is -2.32. The van der Waals surface area contributed by atoms with Gasteiger partial charge in [0.2, 0.25) is 0 Å². The molecule has 1 aliphatic heterocycles. The van der Waals surface area contributed by atoms with Crippen molar-refractivity contribution >= 4 is 16.3 Å². The van der Waals surface area contributed by atoms with Crippen LogP contribution in [0.5, 0.6) is 0 Å². The van der Waals surface area contributed by atoms with Gasteiger partial charge in [0, 0.05) is 12.7 Å². The van der Waals surface area contributed by atoms with Gasteiger partial charge in [-0.15, -0.1) is 6.58 Å². The minimum absolute atomic E-state index is 0.0907. The van der Waals surface area contributed by atoms with Gasteiger partial charge < -0.3 is 10.0 Å². The summed E-state index contributed by atoms with van der Waals surface area (Å²) in [6.45, 7) is 4.72. The van der Waals surface area contributed by atoms with E-state index < -0.39 is 0 Å². The monoisotopic (exact) mass is 277 g/mol. The number of hydrogen-bond donors (Lipinski definition) is 1. The van der Waals surface area contributed by atoms with E-state index in [1.165, 1.54) is 21.9 Å². The van der Waals surface area contributed by atoms with Gasteiger partial charge in [0.25, 0.3) is 0 Å². The molecule has 2 aromatic carbocycles. The fraction of sp³-hybridized carbons (Fsp3) is 0.158. The van der Waals surface area contributed by atoms with Crippen LogP contribution in [-0.2, 0) is 0 Å². The van der Waals surface area contributed by atoms with Gasteiger partial charge in [0.1, 0.15) is 0 Å². The lowest BCUT2D eigenvalue weighted by Crippen LogP contribution is -2.34. The van der Waals surface area contributed by atoms with E-state index >= 15 is 0 Å². The summed E-state index contributed by atoms with van der Waals surface area (Å²) in [4.78, 5) is 2.12. The second-order valence-corrected chi connectivity index (χ2v) is 5.13. The zero-order valence-corrected chi connectivity index (χ0v) is 11.9. The molecule has 2 nitrogen and oxygen atoms in total. The number of benzene rings is 2. The van der Waals surface area contributed by atoms with Crippen molar-refractivity contribution in [1.29, 1.82) is 0 Å². The van der Waals surface area contributed by atoms with Crippen molar-refractivity contribution in [3.05, 3.63) is 79.0 Å². The van der Waals surface area contributed by atoms with Crippen LogP contribution in [0.3, 0.4) is 0 Å². The predicted octanol–water partition coefficient (Wildman–Crippen LogP) is 3.60. The van der Waals surface area contributed by atoms with E-state index in [2.05, 4.69) is 60.0 Å². The zero-order valence-electron chi connectivity index (χ0n) is 11.9. The number of allylic oxidation sites excluding steroid dienone is 2. The van der Waals surface area contributed by atoms with Gasteiger partial charge in [-0.25, -0.2) is 0 Å². The number of fused-ring (bicyclic) bond motifs is 1. The maximum absolute atomic E-state index is 9.23. The van der Waals surface area contributed by atoms with Crippen molar-refractivity contribution < 1.29 is 5.11 Å². The Labute approximate surface area is 125 Å². The fourth-order valence-corrected chi connectivity index (χ4v) is 2.94. The summed E-state index contributed by atoms with van der Waals surface area (Å²) in [6.07, 6.45) is 8.12. The highest BCUT2D eigenvalue weighted by molar-refractivity contribution is 5.95. The molecule has 1 heterocycles.